The van der Waals surface area contributed by atoms with Gasteiger partial charge in [-0.05, 0) is 97.3 Å². The minimum atomic E-state index is -0.518. The van der Waals surface area contributed by atoms with Gasteiger partial charge in [0.1, 0.15) is 11.5 Å². The number of carbonyl (C=O) groups is 2. The molecule has 3 aromatic rings. The second kappa shape index (κ2) is 13.6. The Kier molecular flexibility index (Phi) is 9.65. The van der Waals surface area contributed by atoms with Gasteiger partial charge in [0.05, 0.1) is 40.4 Å². The first-order chi connectivity index (χ1) is 20.9. The predicted octanol–water partition coefficient (Wildman–Crippen LogP) is 6.34. The standard InChI is InChI=1S/C34H39ClN2O6/c1-40-27-11-9-26(10-12-27)37-32(38)16-13-28(33(37)23-7-14-30(42-3)31(20-23)43-4)34(39)36-17-5-6-22(21-36)18-24-19-25(35)8-15-29(24)41-2/h7-12,14-15,19-20,22,28,33H,5-6,13,16-18,21H2,1-4H3. The van der Waals surface area contributed by atoms with Crippen LogP contribution in [0.5, 0.6) is 23.0 Å². The molecule has 0 spiro atoms. The van der Waals surface area contributed by atoms with E-state index in [2.05, 4.69) is 0 Å². The number of amides is 2. The molecule has 2 heterocycles. The van der Waals surface area contributed by atoms with Crippen molar-refractivity contribution in [1.82, 2.24) is 4.90 Å². The van der Waals surface area contributed by atoms with Crippen molar-refractivity contribution in [2.24, 2.45) is 11.8 Å². The molecule has 2 fully saturated rings. The Morgan fingerprint density at radius 2 is 1.58 bits per heavy atom. The summed E-state index contributed by atoms with van der Waals surface area (Å²) in [6.07, 6.45) is 3.44. The van der Waals surface area contributed by atoms with Gasteiger partial charge < -0.3 is 28.7 Å². The van der Waals surface area contributed by atoms with Gasteiger partial charge in [0.25, 0.3) is 0 Å². The molecule has 2 saturated heterocycles. The van der Waals surface area contributed by atoms with Crippen LogP contribution in [0.4, 0.5) is 5.69 Å². The first-order valence-electron chi connectivity index (χ1n) is 14.7. The molecular weight excluding hydrogens is 568 g/mol. The molecule has 8 nitrogen and oxygen atoms in total. The van der Waals surface area contributed by atoms with Crippen molar-refractivity contribution in [3.05, 3.63) is 76.8 Å². The van der Waals surface area contributed by atoms with Gasteiger partial charge in [-0.1, -0.05) is 17.7 Å². The molecule has 228 valence electrons. The molecule has 3 unspecified atom stereocenters. The van der Waals surface area contributed by atoms with Crippen LogP contribution < -0.4 is 23.8 Å². The molecule has 0 saturated carbocycles. The summed E-state index contributed by atoms with van der Waals surface area (Å²) in [6.45, 7) is 1.33. The van der Waals surface area contributed by atoms with E-state index in [1.807, 2.05) is 65.6 Å². The van der Waals surface area contributed by atoms with Gasteiger partial charge in [-0.3, -0.25) is 9.59 Å². The van der Waals surface area contributed by atoms with Crippen molar-refractivity contribution in [2.75, 3.05) is 46.4 Å². The number of carbonyl (C=O) groups excluding carboxylic acids is 2. The lowest BCUT2D eigenvalue weighted by atomic mass is 9.81. The summed E-state index contributed by atoms with van der Waals surface area (Å²) in [7, 11) is 6.44. The maximum Gasteiger partial charge on any atom is 0.228 e. The molecule has 0 aromatic heterocycles. The minimum absolute atomic E-state index is 0.0291. The Morgan fingerprint density at radius 1 is 0.860 bits per heavy atom. The highest BCUT2D eigenvalue weighted by Crippen LogP contribution is 2.44. The second-order valence-electron chi connectivity index (χ2n) is 11.1. The first-order valence-corrected chi connectivity index (χ1v) is 15.0. The third-order valence-corrected chi connectivity index (χ3v) is 8.83. The highest BCUT2D eigenvalue weighted by Gasteiger charge is 2.44. The molecule has 5 rings (SSSR count). The SMILES string of the molecule is COc1ccc(N2C(=O)CCC(C(=O)N3CCCC(Cc4cc(Cl)ccc4OC)C3)C2c2ccc(OC)c(OC)c2)cc1. The average Bonchev–Trinajstić information content (AvgIpc) is 3.04. The number of likely N-dealkylation sites (tertiary alicyclic amines) is 1. The maximum absolute atomic E-state index is 14.4. The smallest absolute Gasteiger partial charge is 0.228 e. The summed E-state index contributed by atoms with van der Waals surface area (Å²) in [4.78, 5) is 31.8. The number of rotatable bonds is 9. The van der Waals surface area contributed by atoms with Crippen LogP contribution in [0.1, 0.15) is 42.9 Å². The molecular formula is C34H39ClN2O6. The van der Waals surface area contributed by atoms with Crippen molar-refractivity contribution < 1.29 is 28.5 Å². The zero-order valence-corrected chi connectivity index (χ0v) is 25.9. The summed E-state index contributed by atoms with van der Waals surface area (Å²) in [5.41, 5.74) is 2.58. The lowest BCUT2D eigenvalue weighted by Gasteiger charge is -2.44. The molecule has 2 aliphatic heterocycles. The van der Waals surface area contributed by atoms with E-state index in [0.29, 0.717) is 47.5 Å². The van der Waals surface area contributed by atoms with Crippen molar-refractivity contribution in [2.45, 2.75) is 38.1 Å². The van der Waals surface area contributed by atoms with Crippen LogP contribution in [0.3, 0.4) is 0 Å². The molecule has 3 aromatic carbocycles. The van der Waals surface area contributed by atoms with Crippen LogP contribution in [0.15, 0.2) is 60.7 Å². The second-order valence-corrected chi connectivity index (χ2v) is 11.6. The van der Waals surface area contributed by atoms with Gasteiger partial charge in [0, 0.05) is 30.2 Å². The fraction of sp³-hybridized carbons (Fsp3) is 0.412. The first kappa shape index (κ1) is 30.5. The summed E-state index contributed by atoms with van der Waals surface area (Å²) < 4.78 is 22.0. The minimum Gasteiger partial charge on any atom is -0.497 e. The Labute approximate surface area is 258 Å². The summed E-state index contributed by atoms with van der Waals surface area (Å²) in [5, 5.41) is 0.669. The fourth-order valence-electron chi connectivity index (χ4n) is 6.50. The van der Waals surface area contributed by atoms with E-state index >= 15 is 0 Å². The Morgan fingerprint density at radius 3 is 2.28 bits per heavy atom. The Balaban J connectivity index is 1.47. The molecule has 2 amide bonds. The lowest BCUT2D eigenvalue weighted by molar-refractivity contribution is -0.140. The number of nitrogens with zero attached hydrogens (tertiary/aromatic N) is 2. The number of hydrogen-bond acceptors (Lipinski definition) is 6. The van der Waals surface area contributed by atoms with E-state index < -0.39 is 12.0 Å². The lowest BCUT2D eigenvalue weighted by Crippen LogP contribution is -2.51. The third-order valence-electron chi connectivity index (χ3n) is 8.60. The molecule has 2 aliphatic rings. The topological polar surface area (TPSA) is 77.5 Å². The van der Waals surface area contributed by atoms with Crippen molar-refractivity contribution in [3.8, 4) is 23.0 Å². The fourth-order valence-corrected chi connectivity index (χ4v) is 6.70. The Bertz CT molecular complexity index is 1450. The van der Waals surface area contributed by atoms with Crippen LogP contribution in [-0.2, 0) is 16.0 Å². The summed E-state index contributed by atoms with van der Waals surface area (Å²) in [5.74, 6) is 2.51. The number of piperidine rings is 2. The number of ether oxygens (including phenoxy) is 4. The molecule has 43 heavy (non-hydrogen) atoms. The third kappa shape index (κ3) is 6.54. The quantitative estimate of drug-likeness (QED) is 0.283. The molecule has 0 N–H and O–H groups in total. The monoisotopic (exact) mass is 606 g/mol. The molecule has 0 radical (unpaired) electrons. The van der Waals surface area contributed by atoms with E-state index in [1.54, 1.807) is 33.3 Å². The van der Waals surface area contributed by atoms with E-state index in [-0.39, 0.29) is 24.2 Å². The largest absolute Gasteiger partial charge is 0.497 e. The van der Waals surface area contributed by atoms with Gasteiger partial charge in [0.2, 0.25) is 11.8 Å². The number of methoxy groups -OCH3 is 4. The number of anilines is 1. The van der Waals surface area contributed by atoms with Crippen LogP contribution in [0, 0.1) is 11.8 Å². The van der Waals surface area contributed by atoms with Crippen molar-refractivity contribution in [3.63, 3.8) is 0 Å². The van der Waals surface area contributed by atoms with Crippen LogP contribution in [0.2, 0.25) is 5.02 Å². The average molecular weight is 607 g/mol. The Hall–Kier alpha value is -3.91. The maximum atomic E-state index is 14.4. The number of hydrogen-bond donors (Lipinski definition) is 0. The van der Waals surface area contributed by atoms with Gasteiger partial charge in [-0.25, -0.2) is 0 Å². The van der Waals surface area contributed by atoms with E-state index in [9.17, 15) is 9.59 Å². The van der Waals surface area contributed by atoms with Crippen molar-refractivity contribution in [1.29, 1.82) is 0 Å². The normalized spacial score (nSPS) is 20.5. The molecule has 9 heteroatoms. The zero-order valence-electron chi connectivity index (χ0n) is 25.2. The molecule has 3 atom stereocenters. The van der Waals surface area contributed by atoms with Crippen LogP contribution in [0.25, 0.3) is 0 Å². The molecule has 0 bridgehead atoms. The summed E-state index contributed by atoms with van der Waals surface area (Å²) >= 11 is 6.30. The molecule has 0 aliphatic carbocycles. The van der Waals surface area contributed by atoms with Gasteiger partial charge in [-0.2, -0.15) is 0 Å². The number of benzene rings is 3. The van der Waals surface area contributed by atoms with E-state index in [1.165, 1.54) is 0 Å². The van der Waals surface area contributed by atoms with E-state index in [4.69, 9.17) is 30.5 Å². The van der Waals surface area contributed by atoms with Gasteiger partial charge in [-0.15, -0.1) is 0 Å². The predicted molar refractivity (Wildman–Crippen MR) is 167 cm³/mol. The number of halogens is 1. The zero-order chi connectivity index (χ0) is 30.5. The van der Waals surface area contributed by atoms with Gasteiger partial charge >= 0.3 is 0 Å². The highest BCUT2D eigenvalue weighted by atomic mass is 35.5. The van der Waals surface area contributed by atoms with Gasteiger partial charge in [0.15, 0.2) is 11.5 Å². The summed E-state index contributed by atoms with van der Waals surface area (Å²) in [6, 6.07) is 18.2. The van der Waals surface area contributed by atoms with E-state index in [0.717, 1.165) is 36.1 Å². The highest BCUT2D eigenvalue weighted by molar-refractivity contribution is 6.30. The van der Waals surface area contributed by atoms with Crippen molar-refractivity contribution >= 4 is 29.1 Å². The van der Waals surface area contributed by atoms with Crippen LogP contribution in [-0.4, -0.2) is 58.2 Å². The van der Waals surface area contributed by atoms with Crippen LogP contribution >= 0.6 is 11.6 Å².